The number of anilines is 1. The van der Waals surface area contributed by atoms with Crippen molar-refractivity contribution in [3.05, 3.63) is 39.7 Å². The van der Waals surface area contributed by atoms with Crippen molar-refractivity contribution < 1.29 is 22.7 Å². The van der Waals surface area contributed by atoms with Crippen LogP contribution in [0.2, 0.25) is 0 Å². The minimum absolute atomic E-state index is 0.279. The number of alkyl halides is 3. The molecule has 0 aliphatic carbocycles. The van der Waals surface area contributed by atoms with Gasteiger partial charge in [-0.05, 0) is 46.9 Å². The number of H-pyrrole nitrogens is 1. The molecule has 0 unspecified atom stereocenters. The van der Waals surface area contributed by atoms with Crippen LogP contribution in [0.5, 0.6) is 5.75 Å². The van der Waals surface area contributed by atoms with Gasteiger partial charge in [-0.15, -0.1) is 13.2 Å². The van der Waals surface area contributed by atoms with Gasteiger partial charge < -0.3 is 10.1 Å². The van der Waals surface area contributed by atoms with Crippen LogP contribution in [0.15, 0.2) is 30.5 Å². The van der Waals surface area contributed by atoms with Gasteiger partial charge in [0.1, 0.15) is 11.4 Å². The summed E-state index contributed by atoms with van der Waals surface area (Å²) in [4.78, 5) is 11.8. The Hall–Kier alpha value is -1.78. The molecule has 2 N–H and O–H groups in total. The van der Waals surface area contributed by atoms with E-state index in [0.717, 1.165) is 12.1 Å². The molecule has 0 bridgehead atoms. The second-order valence-electron chi connectivity index (χ2n) is 3.62. The fourth-order valence-electron chi connectivity index (χ4n) is 1.36. The smallest absolute Gasteiger partial charge is 0.406 e. The molecule has 1 heterocycles. The Labute approximate surface area is 124 Å². The van der Waals surface area contributed by atoms with Crippen LogP contribution in [0.3, 0.4) is 0 Å². The first-order valence-corrected chi connectivity index (χ1v) is 6.29. The zero-order valence-corrected chi connectivity index (χ0v) is 11.8. The molecule has 0 saturated carbocycles. The van der Waals surface area contributed by atoms with Crippen molar-refractivity contribution in [2.24, 2.45) is 0 Å². The van der Waals surface area contributed by atoms with Crippen LogP contribution in [0.4, 0.5) is 18.9 Å². The summed E-state index contributed by atoms with van der Waals surface area (Å²) in [6.45, 7) is 0. The van der Waals surface area contributed by atoms with Crippen molar-refractivity contribution in [2.45, 2.75) is 6.36 Å². The first-order chi connectivity index (χ1) is 9.35. The number of aromatic amines is 1. The summed E-state index contributed by atoms with van der Waals surface area (Å²) in [5.41, 5.74) is 0.621. The van der Waals surface area contributed by atoms with Crippen molar-refractivity contribution in [2.75, 3.05) is 5.32 Å². The Morgan fingerprint density at radius 2 is 1.95 bits per heavy atom. The van der Waals surface area contributed by atoms with Crippen LogP contribution in [-0.2, 0) is 0 Å². The van der Waals surface area contributed by atoms with Crippen molar-refractivity contribution in [3.63, 3.8) is 0 Å². The van der Waals surface area contributed by atoms with Crippen LogP contribution in [0, 0.1) is 3.57 Å². The lowest BCUT2D eigenvalue weighted by molar-refractivity contribution is -0.274. The highest BCUT2D eigenvalue weighted by atomic mass is 127. The van der Waals surface area contributed by atoms with Crippen molar-refractivity contribution >= 4 is 34.2 Å². The van der Waals surface area contributed by atoms with E-state index in [1.807, 2.05) is 22.6 Å². The zero-order valence-electron chi connectivity index (χ0n) is 9.66. The molecule has 9 heteroatoms. The van der Waals surface area contributed by atoms with Gasteiger partial charge in [0.15, 0.2) is 0 Å². The number of halogens is 4. The topological polar surface area (TPSA) is 67.0 Å². The number of rotatable bonds is 3. The van der Waals surface area contributed by atoms with Crippen LogP contribution in [0.1, 0.15) is 10.5 Å². The molecule has 106 valence electrons. The first-order valence-electron chi connectivity index (χ1n) is 5.21. The van der Waals surface area contributed by atoms with E-state index < -0.39 is 12.3 Å². The monoisotopic (exact) mass is 397 g/mol. The molecule has 0 atom stereocenters. The maximum Gasteiger partial charge on any atom is 0.573 e. The number of carbonyl (C=O) groups is 1. The third-order valence-corrected chi connectivity index (χ3v) is 2.98. The van der Waals surface area contributed by atoms with E-state index in [1.165, 1.54) is 18.3 Å². The summed E-state index contributed by atoms with van der Waals surface area (Å²) in [5.74, 6) is -0.789. The molecule has 1 aromatic heterocycles. The van der Waals surface area contributed by atoms with E-state index >= 15 is 0 Å². The van der Waals surface area contributed by atoms with Crippen LogP contribution < -0.4 is 10.1 Å². The molecule has 0 aliphatic rings. The average molecular weight is 397 g/mol. The van der Waals surface area contributed by atoms with Gasteiger partial charge in [0.25, 0.3) is 5.91 Å². The predicted octanol–water partition coefficient (Wildman–Crippen LogP) is 3.17. The summed E-state index contributed by atoms with van der Waals surface area (Å²) in [6.07, 6.45) is -3.26. The maximum atomic E-state index is 12.0. The lowest BCUT2D eigenvalue weighted by Gasteiger charge is -2.09. The van der Waals surface area contributed by atoms with E-state index in [0.29, 0.717) is 9.26 Å². The number of carbonyl (C=O) groups excluding carboxylic acids is 1. The van der Waals surface area contributed by atoms with E-state index in [1.54, 1.807) is 0 Å². The van der Waals surface area contributed by atoms with E-state index in [9.17, 15) is 18.0 Å². The van der Waals surface area contributed by atoms with Gasteiger partial charge in [-0.1, -0.05) is 0 Å². The Bertz CT molecular complexity index is 610. The number of aromatic nitrogens is 2. The minimum Gasteiger partial charge on any atom is -0.406 e. The molecule has 0 spiro atoms. The van der Waals surface area contributed by atoms with E-state index in [4.69, 9.17) is 0 Å². The SMILES string of the molecule is O=C(Nc1ccc(OC(F)(F)F)cc1)c1[nH]ncc1I. The van der Waals surface area contributed by atoms with Gasteiger partial charge in [-0.2, -0.15) is 5.10 Å². The second-order valence-corrected chi connectivity index (χ2v) is 4.78. The maximum absolute atomic E-state index is 12.0. The molecule has 0 radical (unpaired) electrons. The number of hydrogen-bond acceptors (Lipinski definition) is 3. The highest BCUT2D eigenvalue weighted by Gasteiger charge is 2.30. The lowest BCUT2D eigenvalue weighted by Crippen LogP contribution is -2.17. The van der Waals surface area contributed by atoms with Gasteiger partial charge >= 0.3 is 6.36 Å². The highest BCUT2D eigenvalue weighted by molar-refractivity contribution is 14.1. The van der Waals surface area contributed by atoms with Crippen LogP contribution in [0.25, 0.3) is 0 Å². The summed E-state index contributed by atoms with van der Waals surface area (Å²) in [6, 6.07) is 4.84. The first kappa shape index (κ1) is 14.6. The number of nitrogens with one attached hydrogen (secondary N) is 2. The normalized spacial score (nSPS) is 11.2. The van der Waals surface area contributed by atoms with Gasteiger partial charge in [-0.3, -0.25) is 9.89 Å². The Kier molecular flexibility index (Phi) is 4.16. The number of ether oxygens (including phenoxy) is 1. The largest absolute Gasteiger partial charge is 0.573 e. The van der Waals surface area contributed by atoms with E-state index in [2.05, 4.69) is 20.3 Å². The molecule has 0 aliphatic heterocycles. The Morgan fingerprint density at radius 1 is 1.30 bits per heavy atom. The van der Waals surface area contributed by atoms with Gasteiger partial charge in [-0.25, -0.2) is 0 Å². The predicted molar refractivity (Wildman–Crippen MR) is 72.4 cm³/mol. The number of amides is 1. The summed E-state index contributed by atoms with van der Waals surface area (Å²) >= 11 is 1.93. The summed E-state index contributed by atoms with van der Waals surface area (Å²) < 4.78 is 40.3. The average Bonchev–Trinajstić information content (AvgIpc) is 2.76. The fourth-order valence-corrected chi connectivity index (χ4v) is 1.87. The van der Waals surface area contributed by atoms with Gasteiger partial charge in [0.2, 0.25) is 0 Å². The minimum atomic E-state index is -4.74. The molecule has 2 rings (SSSR count). The number of hydrogen-bond donors (Lipinski definition) is 2. The number of nitrogens with zero attached hydrogens (tertiary/aromatic N) is 1. The molecular formula is C11H7F3IN3O2. The molecule has 20 heavy (non-hydrogen) atoms. The molecule has 1 amide bonds. The van der Waals surface area contributed by atoms with Crippen molar-refractivity contribution in [3.8, 4) is 5.75 Å². The van der Waals surface area contributed by atoms with E-state index in [-0.39, 0.29) is 11.4 Å². The Balaban J connectivity index is 2.04. The zero-order chi connectivity index (χ0) is 14.8. The highest BCUT2D eigenvalue weighted by Crippen LogP contribution is 2.24. The molecule has 0 fully saturated rings. The third-order valence-electron chi connectivity index (χ3n) is 2.17. The molecular weight excluding hydrogens is 390 g/mol. The lowest BCUT2D eigenvalue weighted by atomic mass is 10.3. The quantitative estimate of drug-likeness (QED) is 0.783. The second kappa shape index (κ2) is 5.69. The molecule has 1 aromatic carbocycles. The molecule has 0 saturated heterocycles. The van der Waals surface area contributed by atoms with Crippen molar-refractivity contribution in [1.82, 2.24) is 10.2 Å². The van der Waals surface area contributed by atoms with Crippen LogP contribution >= 0.6 is 22.6 Å². The van der Waals surface area contributed by atoms with Gasteiger partial charge in [0, 0.05) is 5.69 Å². The summed E-state index contributed by atoms with van der Waals surface area (Å²) in [5, 5.41) is 8.75. The van der Waals surface area contributed by atoms with Crippen molar-refractivity contribution in [1.29, 1.82) is 0 Å². The fraction of sp³-hybridized carbons (Fsp3) is 0.0909. The van der Waals surface area contributed by atoms with Gasteiger partial charge in [0.05, 0.1) is 9.77 Å². The summed E-state index contributed by atoms with van der Waals surface area (Å²) in [7, 11) is 0. The Morgan fingerprint density at radius 3 is 2.45 bits per heavy atom. The van der Waals surface area contributed by atoms with Crippen LogP contribution in [-0.4, -0.2) is 22.5 Å². The molecule has 2 aromatic rings. The molecule has 5 nitrogen and oxygen atoms in total. The standard InChI is InChI=1S/C11H7F3IN3O2/c12-11(13,14)20-7-3-1-6(2-4-7)17-10(19)9-8(15)5-16-18-9/h1-5H,(H,16,18)(H,17,19). The third kappa shape index (κ3) is 3.85. The number of benzene rings is 1.